The van der Waals surface area contributed by atoms with E-state index in [2.05, 4.69) is 15.9 Å². The van der Waals surface area contributed by atoms with Gasteiger partial charge in [-0.3, -0.25) is 0 Å². The largest absolute Gasteiger partial charge is 0.508 e. The quantitative estimate of drug-likeness (QED) is 0.822. The van der Waals surface area contributed by atoms with E-state index in [0.717, 1.165) is 4.47 Å². The first-order valence-corrected chi connectivity index (χ1v) is 4.85. The molecule has 0 amide bonds. The lowest BCUT2D eigenvalue weighted by Gasteiger charge is -2.22. The molecule has 0 aliphatic heterocycles. The lowest BCUT2D eigenvalue weighted by molar-refractivity contribution is 0.129. The summed E-state index contributed by atoms with van der Waals surface area (Å²) >= 11 is 3.35. The van der Waals surface area contributed by atoms with Crippen molar-refractivity contribution < 1.29 is 9.84 Å². The van der Waals surface area contributed by atoms with E-state index in [4.69, 9.17) is 4.74 Å². The minimum absolute atomic E-state index is 0.211. The molecule has 1 aromatic carbocycles. The molecule has 0 heterocycles. The highest BCUT2D eigenvalue weighted by atomic mass is 79.9. The van der Waals surface area contributed by atoms with Crippen LogP contribution in [0.2, 0.25) is 0 Å². The molecule has 0 aromatic heterocycles. The van der Waals surface area contributed by atoms with Crippen LogP contribution in [0.3, 0.4) is 0 Å². The highest BCUT2D eigenvalue weighted by Crippen LogP contribution is 2.31. The van der Waals surface area contributed by atoms with E-state index in [1.54, 1.807) is 18.2 Å². The number of hydrogen-bond acceptors (Lipinski definition) is 2. The molecule has 0 aliphatic carbocycles. The predicted octanol–water partition coefficient (Wildman–Crippen LogP) is 3.33. The SMILES string of the molecule is CC(C)(C)Oc1cc(O)ccc1Br. The van der Waals surface area contributed by atoms with Crippen LogP contribution in [-0.4, -0.2) is 10.7 Å². The number of hydrogen-bond donors (Lipinski definition) is 1. The molecule has 0 radical (unpaired) electrons. The molecule has 1 aromatic rings. The summed E-state index contributed by atoms with van der Waals surface area (Å²) in [6, 6.07) is 4.96. The molecule has 13 heavy (non-hydrogen) atoms. The molecule has 1 N–H and O–H groups in total. The van der Waals surface area contributed by atoms with Crippen LogP contribution < -0.4 is 4.74 Å². The summed E-state index contributed by atoms with van der Waals surface area (Å²) in [5.41, 5.74) is -0.254. The van der Waals surface area contributed by atoms with Crippen LogP contribution in [0.1, 0.15) is 20.8 Å². The van der Waals surface area contributed by atoms with E-state index in [0.29, 0.717) is 5.75 Å². The maximum Gasteiger partial charge on any atom is 0.137 e. The van der Waals surface area contributed by atoms with E-state index < -0.39 is 0 Å². The fraction of sp³-hybridized carbons (Fsp3) is 0.400. The number of rotatable bonds is 1. The second kappa shape index (κ2) is 3.58. The van der Waals surface area contributed by atoms with E-state index >= 15 is 0 Å². The number of phenols is 1. The first-order chi connectivity index (χ1) is 5.88. The van der Waals surface area contributed by atoms with E-state index in [-0.39, 0.29) is 11.4 Å². The number of aromatic hydroxyl groups is 1. The monoisotopic (exact) mass is 244 g/mol. The van der Waals surface area contributed by atoms with Crippen molar-refractivity contribution in [2.24, 2.45) is 0 Å². The Labute approximate surface area is 86.7 Å². The molecule has 0 unspecified atom stereocenters. The molecule has 1 rings (SSSR count). The van der Waals surface area contributed by atoms with Gasteiger partial charge < -0.3 is 9.84 Å². The molecule has 0 aliphatic rings. The minimum atomic E-state index is -0.254. The van der Waals surface area contributed by atoms with Crippen molar-refractivity contribution in [2.45, 2.75) is 26.4 Å². The summed E-state index contributed by atoms with van der Waals surface area (Å²) in [6.45, 7) is 5.89. The molecule has 72 valence electrons. The third kappa shape index (κ3) is 3.27. The molecule has 0 spiro atoms. The van der Waals surface area contributed by atoms with Crippen LogP contribution in [0.15, 0.2) is 22.7 Å². The van der Waals surface area contributed by atoms with Crippen LogP contribution >= 0.6 is 15.9 Å². The summed E-state index contributed by atoms with van der Waals surface area (Å²) in [5, 5.41) is 9.23. The summed E-state index contributed by atoms with van der Waals surface area (Å²) in [4.78, 5) is 0. The van der Waals surface area contributed by atoms with Gasteiger partial charge >= 0.3 is 0 Å². The van der Waals surface area contributed by atoms with E-state index in [1.807, 2.05) is 20.8 Å². The minimum Gasteiger partial charge on any atom is -0.508 e. The van der Waals surface area contributed by atoms with Crippen LogP contribution in [-0.2, 0) is 0 Å². The molecule has 0 fully saturated rings. The molecule has 0 saturated carbocycles. The first kappa shape index (κ1) is 10.4. The second-order valence-corrected chi connectivity index (χ2v) is 4.68. The lowest BCUT2D eigenvalue weighted by atomic mass is 10.2. The summed E-state index contributed by atoms with van der Waals surface area (Å²) in [5.74, 6) is 0.870. The van der Waals surface area contributed by atoms with Gasteiger partial charge in [0.15, 0.2) is 0 Å². The number of phenolic OH excluding ortho intramolecular Hbond substituents is 1. The van der Waals surface area contributed by atoms with Crippen molar-refractivity contribution in [3.63, 3.8) is 0 Å². The van der Waals surface area contributed by atoms with Crippen molar-refractivity contribution in [2.75, 3.05) is 0 Å². The van der Waals surface area contributed by atoms with Gasteiger partial charge in [0.05, 0.1) is 4.47 Å². The van der Waals surface area contributed by atoms with Crippen LogP contribution in [0.5, 0.6) is 11.5 Å². The molecule has 0 atom stereocenters. The normalized spacial score (nSPS) is 11.4. The molecular formula is C10H13BrO2. The smallest absolute Gasteiger partial charge is 0.137 e. The Balaban J connectivity index is 2.94. The van der Waals surface area contributed by atoms with E-state index in [1.165, 1.54) is 0 Å². The number of halogens is 1. The Morgan fingerprint density at radius 2 is 1.92 bits per heavy atom. The van der Waals surface area contributed by atoms with Gasteiger partial charge in [0.2, 0.25) is 0 Å². The summed E-state index contributed by atoms with van der Waals surface area (Å²) in [6.07, 6.45) is 0. The number of ether oxygens (including phenoxy) is 1. The van der Waals surface area contributed by atoms with Gasteiger partial charge in [-0.1, -0.05) is 0 Å². The maximum absolute atomic E-state index is 9.23. The zero-order chi connectivity index (χ0) is 10.1. The van der Waals surface area contributed by atoms with E-state index in [9.17, 15) is 5.11 Å². The Kier molecular flexibility index (Phi) is 2.86. The maximum atomic E-state index is 9.23. The highest BCUT2D eigenvalue weighted by Gasteiger charge is 2.13. The average molecular weight is 245 g/mol. The lowest BCUT2D eigenvalue weighted by Crippen LogP contribution is -2.23. The Bertz CT molecular complexity index is 302. The Morgan fingerprint density at radius 3 is 2.46 bits per heavy atom. The zero-order valence-electron chi connectivity index (χ0n) is 7.97. The molecule has 3 heteroatoms. The molecule has 2 nitrogen and oxygen atoms in total. The van der Waals surface area contributed by atoms with Crippen molar-refractivity contribution in [1.29, 1.82) is 0 Å². The average Bonchev–Trinajstić information content (AvgIpc) is 1.94. The number of benzene rings is 1. The first-order valence-electron chi connectivity index (χ1n) is 4.06. The molecular weight excluding hydrogens is 232 g/mol. The van der Waals surface area contributed by atoms with Gasteiger partial charge in [0.25, 0.3) is 0 Å². The second-order valence-electron chi connectivity index (χ2n) is 3.83. The van der Waals surface area contributed by atoms with Crippen molar-refractivity contribution in [3.8, 4) is 11.5 Å². The highest BCUT2D eigenvalue weighted by molar-refractivity contribution is 9.10. The summed E-state index contributed by atoms with van der Waals surface area (Å²) < 4.78 is 6.45. The van der Waals surface area contributed by atoms with Gasteiger partial charge in [-0.2, -0.15) is 0 Å². The zero-order valence-corrected chi connectivity index (χ0v) is 9.55. The Hall–Kier alpha value is -0.700. The van der Waals surface area contributed by atoms with Crippen LogP contribution in [0, 0.1) is 0 Å². The van der Waals surface area contributed by atoms with Crippen molar-refractivity contribution in [3.05, 3.63) is 22.7 Å². The third-order valence-electron chi connectivity index (χ3n) is 1.33. The van der Waals surface area contributed by atoms with Gasteiger partial charge in [-0.15, -0.1) is 0 Å². The molecule has 0 saturated heterocycles. The van der Waals surface area contributed by atoms with Gasteiger partial charge in [-0.25, -0.2) is 0 Å². The fourth-order valence-corrected chi connectivity index (χ4v) is 1.23. The van der Waals surface area contributed by atoms with Crippen LogP contribution in [0.4, 0.5) is 0 Å². The molecule has 0 bridgehead atoms. The Morgan fingerprint density at radius 1 is 1.31 bits per heavy atom. The van der Waals surface area contributed by atoms with Crippen LogP contribution in [0.25, 0.3) is 0 Å². The van der Waals surface area contributed by atoms with Gasteiger partial charge in [0, 0.05) is 6.07 Å². The predicted molar refractivity (Wildman–Crippen MR) is 56.2 cm³/mol. The standard InChI is InChI=1S/C10H13BrO2/c1-10(2,3)13-9-6-7(12)4-5-8(9)11/h4-6,12H,1-3H3. The topological polar surface area (TPSA) is 29.5 Å². The van der Waals surface area contributed by atoms with Gasteiger partial charge in [-0.05, 0) is 48.8 Å². The summed E-state index contributed by atoms with van der Waals surface area (Å²) in [7, 11) is 0. The van der Waals surface area contributed by atoms with Crippen molar-refractivity contribution >= 4 is 15.9 Å². The third-order valence-corrected chi connectivity index (χ3v) is 1.99. The fourth-order valence-electron chi connectivity index (χ4n) is 0.900. The van der Waals surface area contributed by atoms with Gasteiger partial charge in [0.1, 0.15) is 17.1 Å². The van der Waals surface area contributed by atoms with Crippen molar-refractivity contribution in [1.82, 2.24) is 0 Å².